The van der Waals surface area contributed by atoms with Crippen LogP contribution in [0.3, 0.4) is 0 Å². The van der Waals surface area contributed by atoms with Gasteiger partial charge in [-0.25, -0.2) is 0 Å². The van der Waals surface area contributed by atoms with Crippen LogP contribution in [0.15, 0.2) is 48.5 Å². The zero-order valence-corrected chi connectivity index (χ0v) is 42.0. The minimum absolute atomic E-state index is 0.372. The van der Waals surface area contributed by atoms with E-state index in [9.17, 15) is 9.59 Å². The van der Waals surface area contributed by atoms with E-state index in [2.05, 4.69) is 24.7 Å². The normalized spacial score (nSPS) is 11.2. The predicted octanol–water partition coefficient (Wildman–Crippen LogP) is 18.2. The van der Waals surface area contributed by atoms with E-state index in [1.165, 1.54) is 244 Å². The van der Waals surface area contributed by atoms with Gasteiger partial charge in [-0.3, -0.25) is 20.4 Å². The number of nitrogens with one attached hydrogen (secondary N) is 2. The lowest BCUT2D eigenvalue weighted by molar-refractivity contribution is 0.0846. The largest absolute Gasteiger partial charge is 0.494 e. The number of amides is 2. The van der Waals surface area contributed by atoms with Crippen molar-refractivity contribution < 1.29 is 19.1 Å². The Morgan fingerprint density at radius 2 is 0.484 bits per heavy atom. The fraction of sp³-hybridized carbons (Fsp3) is 0.759. The molecule has 0 aliphatic rings. The van der Waals surface area contributed by atoms with E-state index in [0.29, 0.717) is 24.3 Å². The van der Waals surface area contributed by atoms with Crippen LogP contribution in [-0.2, 0) is 0 Å². The number of benzene rings is 2. The van der Waals surface area contributed by atoms with Crippen LogP contribution in [0.2, 0.25) is 0 Å². The molecule has 0 spiro atoms. The monoisotopic (exact) mass is 889 g/mol. The summed E-state index contributed by atoms with van der Waals surface area (Å²) in [5, 5.41) is 0. The van der Waals surface area contributed by atoms with E-state index >= 15 is 0 Å². The molecule has 0 fully saturated rings. The fourth-order valence-electron chi connectivity index (χ4n) is 8.76. The van der Waals surface area contributed by atoms with Crippen LogP contribution in [0.25, 0.3) is 0 Å². The summed E-state index contributed by atoms with van der Waals surface area (Å²) in [5.74, 6) is 0.769. The Morgan fingerprint density at radius 1 is 0.297 bits per heavy atom. The van der Waals surface area contributed by atoms with Gasteiger partial charge in [-0.05, 0) is 61.4 Å². The number of hydrogen-bond donors (Lipinski definition) is 2. The highest BCUT2D eigenvalue weighted by molar-refractivity contribution is 5.99. The third-order valence-corrected chi connectivity index (χ3v) is 13.1. The van der Waals surface area contributed by atoms with Crippen LogP contribution in [-0.4, -0.2) is 25.0 Å². The van der Waals surface area contributed by atoms with Gasteiger partial charge in [0, 0.05) is 11.1 Å². The highest BCUT2D eigenvalue weighted by atomic mass is 16.5. The zero-order chi connectivity index (χ0) is 45.6. The number of rotatable bonds is 46. The Balaban J connectivity index is 1.36. The predicted molar refractivity (Wildman–Crippen MR) is 275 cm³/mol. The molecule has 0 radical (unpaired) electrons. The van der Waals surface area contributed by atoms with Gasteiger partial charge >= 0.3 is 0 Å². The van der Waals surface area contributed by atoms with Crippen molar-refractivity contribution in [2.24, 2.45) is 0 Å². The number of hydrazine groups is 1. The molecule has 0 saturated heterocycles. The van der Waals surface area contributed by atoms with Gasteiger partial charge in [-0.1, -0.05) is 258 Å². The lowest BCUT2D eigenvalue weighted by Gasteiger charge is -2.10. The molecule has 0 aromatic heterocycles. The van der Waals surface area contributed by atoms with Crippen molar-refractivity contribution in [2.45, 2.75) is 271 Å². The molecule has 2 amide bonds. The second kappa shape index (κ2) is 43.9. The number of hydrogen-bond acceptors (Lipinski definition) is 4. The van der Waals surface area contributed by atoms with Gasteiger partial charge in [0.05, 0.1) is 13.2 Å². The molecule has 0 heterocycles. The molecule has 0 atom stereocenters. The maximum Gasteiger partial charge on any atom is 0.269 e. The van der Waals surface area contributed by atoms with Crippen molar-refractivity contribution in [1.29, 1.82) is 0 Å². The minimum atomic E-state index is -0.372. The van der Waals surface area contributed by atoms with Gasteiger partial charge < -0.3 is 9.47 Å². The number of carbonyl (C=O) groups excluding carboxylic acids is 2. The first-order valence-electron chi connectivity index (χ1n) is 27.7. The van der Waals surface area contributed by atoms with E-state index < -0.39 is 0 Å². The first kappa shape index (κ1) is 57.1. The third-order valence-electron chi connectivity index (χ3n) is 13.1. The molecule has 0 unspecified atom stereocenters. The van der Waals surface area contributed by atoms with Gasteiger partial charge in [0.25, 0.3) is 11.8 Å². The van der Waals surface area contributed by atoms with E-state index in [1.807, 2.05) is 24.3 Å². The standard InChI is InChI=1S/C58H100N2O4/c1-3-5-7-9-11-13-15-17-19-21-23-25-27-29-31-33-35-37-39-41-51-63-55-47-43-53(44-48-55)57(61)59-60-58(62)54-45-49-56(50-46-54)64-52-42-40-38-36-34-32-30-28-26-24-22-20-18-16-14-12-10-8-6-4-2/h43-50H,3-42,51-52H2,1-2H3,(H,59,61)(H,60,62). The molecule has 6 heteroatoms. The average molecular weight is 889 g/mol. The molecule has 0 aliphatic heterocycles. The van der Waals surface area contributed by atoms with Crippen molar-refractivity contribution in [1.82, 2.24) is 10.9 Å². The third kappa shape index (κ3) is 34.3. The van der Waals surface area contributed by atoms with Crippen LogP contribution < -0.4 is 20.3 Å². The maximum absolute atomic E-state index is 12.7. The Morgan fingerprint density at radius 3 is 0.688 bits per heavy atom. The van der Waals surface area contributed by atoms with Crippen molar-refractivity contribution in [3.63, 3.8) is 0 Å². The second-order valence-corrected chi connectivity index (χ2v) is 19.1. The van der Waals surface area contributed by atoms with Gasteiger partial charge in [0.2, 0.25) is 0 Å². The van der Waals surface area contributed by atoms with E-state index in [0.717, 1.165) is 24.3 Å². The molecular weight excluding hydrogens is 789 g/mol. The highest BCUT2D eigenvalue weighted by Crippen LogP contribution is 2.19. The summed E-state index contributed by atoms with van der Waals surface area (Å²) in [7, 11) is 0. The Hall–Kier alpha value is -3.02. The molecule has 2 rings (SSSR count). The Bertz CT molecular complexity index is 1210. The van der Waals surface area contributed by atoms with Crippen LogP contribution in [0.4, 0.5) is 0 Å². The number of ether oxygens (including phenoxy) is 2. The van der Waals surface area contributed by atoms with Crippen LogP contribution in [0, 0.1) is 0 Å². The smallest absolute Gasteiger partial charge is 0.269 e. The SMILES string of the molecule is CCCCCCCCCCCCCCCCCCCCCCOc1ccc(C(=O)NNC(=O)c2ccc(OCCCCCCCCCCCCCCCCCCCCCC)cc2)cc1. The van der Waals surface area contributed by atoms with E-state index in [-0.39, 0.29) is 11.8 Å². The molecule has 366 valence electrons. The van der Waals surface area contributed by atoms with Crippen molar-refractivity contribution >= 4 is 11.8 Å². The summed E-state index contributed by atoms with van der Waals surface area (Å²) in [6.07, 6.45) is 55.0. The van der Waals surface area contributed by atoms with E-state index in [1.54, 1.807) is 24.3 Å². The molecule has 2 aromatic rings. The summed E-state index contributed by atoms with van der Waals surface area (Å²) in [5.41, 5.74) is 5.96. The molecule has 2 N–H and O–H groups in total. The molecule has 0 bridgehead atoms. The maximum atomic E-state index is 12.7. The van der Waals surface area contributed by atoms with Gasteiger partial charge in [-0.2, -0.15) is 0 Å². The summed E-state index contributed by atoms with van der Waals surface area (Å²) in [4.78, 5) is 25.3. The van der Waals surface area contributed by atoms with Crippen molar-refractivity contribution in [2.75, 3.05) is 13.2 Å². The van der Waals surface area contributed by atoms with Gasteiger partial charge in [0.15, 0.2) is 0 Å². The van der Waals surface area contributed by atoms with Gasteiger partial charge in [-0.15, -0.1) is 0 Å². The molecule has 0 aliphatic carbocycles. The number of carbonyl (C=O) groups is 2. The molecule has 2 aromatic carbocycles. The Kier molecular flexibility index (Phi) is 39.1. The topological polar surface area (TPSA) is 76.7 Å². The van der Waals surface area contributed by atoms with Crippen molar-refractivity contribution in [3.8, 4) is 11.5 Å². The molecule has 6 nitrogen and oxygen atoms in total. The zero-order valence-electron chi connectivity index (χ0n) is 42.0. The Labute approximate surface area is 395 Å². The molecular formula is C58H100N2O4. The summed E-state index contributed by atoms with van der Waals surface area (Å²) in [6.45, 7) is 5.95. The number of unbranched alkanes of at least 4 members (excludes halogenated alkanes) is 38. The lowest BCUT2D eigenvalue weighted by Crippen LogP contribution is -2.41. The van der Waals surface area contributed by atoms with Crippen LogP contribution in [0.5, 0.6) is 11.5 Å². The first-order chi connectivity index (χ1) is 31.6. The van der Waals surface area contributed by atoms with E-state index in [4.69, 9.17) is 9.47 Å². The molecule has 0 saturated carbocycles. The molecule has 64 heavy (non-hydrogen) atoms. The lowest BCUT2D eigenvalue weighted by atomic mass is 10.0. The summed E-state index contributed by atoms with van der Waals surface area (Å²) >= 11 is 0. The minimum Gasteiger partial charge on any atom is -0.494 e. The summed E-state index contributed by atoms with van der Waals surface area (Å²) in [6, 6.07) is 14.1. The van der Waals surface area contributed by atoms with Gasteiger partial charge in [0.1, 0.15) is 11.5 Å². The first-order valence-corrected chi connectivity index (χ1v) is 27.7. The highest BCUT2D eigenvalue weighted by Gasteiger charge is 2.10. The average Bonchev–Trinajstić information content (AvgIpc) is 3.32. The fourth-order valence-corrected chi connectivity index (χ4v) is 8.76. The second-order valence-electron chi connectivity index (χ2n) is 19.1. The van der Waals surface area contributed by atoms with Crippen molar-refractivity contribution in [3.05, 3.63) is 59.7 Å². The van der Waals surface area contributed by atoms with Crippen LogP contribution >= 0.6 is 0 Å². The summed E-state index contributed by atoms with van der Waals surface area (Å²) < 4.78 is 11.8. The quantitative estimate of drug-likeness (QED) is 0.0513. The van der Waals surface area contributed by atoms with Crippen LogP contribution in [0.1, 0.15) is 291 Å².